The van der Waals surface area contributed by atoms with E-state index < -0.39 is 5.60 Å². The van der Waals surface area contributed by atoms with Crippen LogP contribution in [0.15, 0.2) is 11.6 Å². The maximum Gasteiger partial charge on any atom is 0.254 e. The van der Waals surface area contributed by atoms with E-state index in [1.165, 1.54) is 19.4 Å². The lowest BCUT2D eigenvalue weighted by Crippen LogP contribution is -2.47. The topological polar surface area (TPSA) is 40.5 Å². The SMILES string of the molecule is CC1=CCCN(C(=O)C(C)(C)O)C1. The van der Waals surface area contributed by atoms with E-state index in [-0.39, 0.29) is 5.91 Å². The van der Waals surface area contributed by atoms with Crippen molar-refractivity contribution in [3.63, 3.8) is 0 Å². The Bertz CT molecular complexity index is 238. The molecule has 1 N–H and O–H groups in total. The molecule has 0 aliphatic carbocycles. The minimum Gasteiger partial charge on any atom is -0.381 e. The molecule has 0 radical (unpaired) electrons. The second-order valence-corrected chi connectivity index (χ2v) is 4.12. The van der Waals surface area contributed by atoms with Crippen molar-refractivity contribution in [1.29, 1.82) is 0 Å². The normalized spacial score (nSPS) is 18.5. The Kier molecular flexibility index (Phi) is 2.76. The molecule has 0 saturated heterocycles. The molecule has 1 rings (SSSR count). The zero-order valence-electron chi connectivity index (χ0n) is 8.50. The summed E-state index contributed by atoms with van der Waals surface area (Å²) in [6.07, 6.45) is 3.03. The van der Waals surface area contributed by atoms with Crippen molar-refractivity contribution >= 4 is 5.91 Å². The van der Waals surface area contributed by atoms with Gasteiger partial charge in [-0.05, 0) is 27.2 Å². The molecular formula is C10H17NO2. The fourth-order valence-corrected chi connectivity index (χ4v) is 1.47. The van der Waals surface area contributed by atoms with Gasteiger partial charge in [0.05, 0.1) is 0 Å². The Morgan fingerprint density at radius 1 is 1.62 bits per heavy atom. The second-order valence-electron chi connectivity index (χ2n) is 4.12. The molecule has 0 unspecified atom stereocenters. The van der Waals surface area contributed by atoms with E-state index in [4.69, 9.17) is 0 Å². The van der Waals surface area contributed by atoms with E-state index in [9.17, 15) is 9.90 Å². The fraction of sp³-hybridized carbons (Fsp3) is 0.700. The lowest BCUT2D eigenvalue weighted by molar-refractivity contribution is -0.147. The van der Waals surface area contributed by atoms with Gasteiger partial charge in [0.2, 0.25) is 0 Å². The van der Waals surface area contributed by atoms with Gasteiger partial charge in [-0.25, -0.2) is 0 Å². The summed E-state index contributed by atoms with van der Waals surface area (Å²) in [5, 5.41) is 9.51. The molecule has 74 valence electrons. The van der Waals surface area contributed by atoms with Crippen LogP contribution in [0.25, 0.3) is 0 Å². The van der Waals surface area contributed by atoms with Crippen LogP contribution in [-0.4, -0.2) is 34.6 Å². The molecule has 3 heteroatoms. The molecule has 1 aliphatic heterocycles. The predicted molar refractivity (Wildman–Crippen MR) is 51.3 cm³/mol. The Labute approximate surface area is 79.0 Å². The summed E-state index contributed by atoms with van der Waals surface area (Å²) in [6, 6.07) is 0. The smallest absolute Gasteiger partial charge is 0.254 e. The van der Waals surface area contributed by atoms with Gasteiger partial charge in [0.15, 0.2) is 0 Å². The second kappa shape index (κ2) is 3.50. The third kappa shape index (κ3) is 2.56. The molecular weight excluding hydrogens is 166 g/mol. The molecule has 0 fully saturated rings. The highest BCUT2D eigenvalue weighted by molar-refractivity contribution is 5.84. The molecule has 13 heavy (non-hydrogen) atoms. The van der Waals surface area contributed by atoms with Crippen LogP contribution in [0.4, 0.5) is 0 Å². The molecule has 1 amide bonds. The summed E-state index contributed by atoms with van der Waals surface area (Å²) in [5.41, 5.74) is -0.0405. The number of amides is 1. The Balaban J connectivity index is 2.65. The molecule has 0 aromatic rings. The largest absolute Gasteiger partial charge is 0.381 e. The molecule has 0 spiro atoms. The minimum atomic E-state index is -1.24. The lowest BCUT2D eigenvalue weighted by Gasteiger charge is -2.31. The first-order valence-electron chi connectivity index (χ1n) is 4.58. The summed E-state index contributed by atoms with van der Waals surface area (Å²) in [4.78, 5) is 13.3. The fourth-order valence-electron chi connectivity index (χ4n) is 1.47. The molecule has 3 nitrogen and oxygen atoms in total. The summed E-state index contributed by atoms with van der Waals surface area (Å²) >= 11 is 0. The van der Waals surface area contributed by atoms with Crippen LogP contribution in [0.3, 0.4) is 0 Å². The van der Waals surface area contributed by atoms with E-state index in [1.54, 1.807) is 4.90 Å². The zero-order chi connectivity index (χ0) is 10.1. The molecule has 0 aromatic heterocycles. The predicted octanol–water partition coefficient (Wildman–Crippen LogP) is 0.936. The van der Waals surface area contributed by atoms with Crippen molar-refractivity contribution in [3.05, 3.63) is 11.6 Å². The van der Waals surface area contributed by atoms with Crippen LogP contribution in [0.1, 0.15) is 27.2 Å². The molecule has 0 atom stereocenters. The van der Waals surface area contributed by atoms with Crippen molar-refractivity contribution in [2.75, 3.05) is 13.1 Å². The first kappa shape index (κ1) is 10.3. The molecule has 0 bridgehead atoms. The van der Waals surface area contributed by atoms with Crippen LogP contribution >= 0.6 is 0 Å². The Hall–Kier alpha value is -0.830. The van der Waals surface area contributed by atoms with Crippen LogP contribution < -0.4 is 0 Å². The van der Waals surface area contributed by atoms with Crippen LogP contribution in [0, 0.1) is 0 Å². The van der Waals surface area contributed by atoms with Gasteiger partial charge in [-0.2, -0.15) is 0 Å². The number of carbonyl (C=O) groups is 1. The highest BCUT2D eigenvalue weighted by atomic mass is 16.3. The third-order valence-electron chi connectivity index (χ3n) is 2.14. The number of rotatable bonds is 1. The average molecular weight is 183 g/mol. The lowest BCUT2D eigenvalue weighted by atomic mass is 10.1. The van der Waals surface area contributed by atoms with Gasteiger partial charge in [-0.3, -0.25) is 4.79 Å². The molecule has 0 saturated carbocycles. The first-order chi connectivity index (χ1) is 5.91. The van der Waals surface area contributed by atoms with Gasteiger partial charge in [0.25, 0.3) is 5.91 Å². The van der Waals surface area contributed by atoms with Gasteiger partial charge < -0.3 is 10.0 Å². The maximum absolute atomic E-state index is 11.6. The number of aliphatic hydroxyl groups is 1. The van der Waals surface area contributed by atoms with Crippen LogP contribution in [-0.2, 0) is 4.79 Å². The number of hydrogen-bond donors (Lipinski definition) is 1. The monoisotopic (exact) mass is 183 g/mol. The summed E-state index contributed by atoms with van der Waals surface area (Å²) in [7, 11) is 0. The van der Waals surface area contributed by atoms with Crippen molar-refractivity contribution in [3.8, 4) is 0 Å². The Morgan fingerprint density at radius 3 is 2.69 bits per heavy atom. The van der Waals surface area contributed by atoms with E-state index in [2.05, 4.69) is 6.08 Å². The Morgan fingerprint density at radius 2 is 2.23 bits per heavy atom. The van der Waals surface area contributed by atoms with Crippen molar-refractivity contribution < 1.29 is 9.90 Å². The van der Waals surface area contributed by atoms with E-state index >= 15 is 0 Å². The number of nitrogens with zero attached hydrogens (tertiary/aromatic N) is 1. The molecule has 0 aromatic carbocycles. The molecule has 1 aliphatic rings. The minimum absolute atomic E-state index is 0.181. The van der Waals surface area contributed by atoms with Gasteiger partial charge in [0.1, 0.15) is 5.60 Å². The van der Waals surface area contributed by atoms with E-state index in [0.29, 0.717) is 6.54 Å². The van der Waals surface area contributed by atoms with Gasteiger partial charge in [-0.15, -0.1) is 0 Å². The third-order valence-corrected chi connectivity index (χ3v) is 2.14. The van der Waals surface area contributed by atoms with Crippen molar-refractivity contribution in [2.24, 2.45) is 0 Å². The zero-order valence-corrected chi connectivity index (χ0v) is 8.50. The number of carbonyl (C=O) groups excluding carboxylic acids is 1. The van der Waals surface area contributed by atoms with Crippen LogP contribution in [0.5, 0.6) is 0 Å². The first-order valence-corrected chi connectivity index (χ1v) is 4.58. The highest BCUT2D eigenvalue weighted by Gasteiger charge is 2.29. The number of hydrogen-bond acceptors (Lipinski definition) is 2. The summed E-state index contributed by atoms with van der Waals surface area (Å²) < 4.78 is 0. The highest BCUT2D eigenvalue weighted by Crippen LogP contribution is 2.14. The average Bonchev–Trinajstić information content (AvgIpc) is 2.01. The maximum atomic E-state index is 11.6. The van der Waals surface area contributed by atoms with Crippen LogP contribution in [0.2, 0.25) is 0 Å². The van der Waals surface area contributed by atoms with Crippen molar-refractivity contribution in [2.45, 2.75) is 32.8 Å². The van der Waals surface area contributed by atoms with Gasteiger partial charge >= 0.3 is 0 Å². The van der Waals surface area contributed by atoms with E-state index in [1.807, 2.05) is 6.92 Å². The van der Waals surface area contributed by atoms with Crippen molar-refractivity contribution in [1.82, 2.24) is 4.90 Å². The van der Waals surface area contributed by atoms with Gasteiger partial charge in [0, 0.05) is 13.1 Å². The standard InChI is InChI=1S/C10H17NO2/c1-8-5-4-6-11(7-8)9(12)10(2,3)13/h5,13H,4,6-7H2,1-3H3. The summed E-state index contributed by atoms with van der Waals surface area (Å²) in [5.74, 6) is -0.181. The van der Waals surface area contributed by atoms with Gasteiger partial charge in [-0.1, -0.05) is 11.6 Å². The quantitative estimate of drug-likeness (QED) is 0.614. The van der Waals surface area contributed by atoms with E-state index in [0.717, 1.165) is 13.0 Å². The molecule has 1 heterocycles. The summed E-state index contributed by atoms with van der Waals surface area (Å²) in [6.45, 7) is 6.44.